The van der Waals surface area contributed by atoms with Crippen molar-refractivity contribution in [3.8, 4) is 39.4 Å². The summed E-state index contributed by atoms with van der Waals surface area (Å²) >= 11 is 0. The van der Waals surface area contributed by atoms with Gasteiger partial charge in [0.05, 0.1) is 30.0 Å². The minimum absolute atomic E-state index is 0.0343. The summed E-state index contributed by atoms with van der Waals surface area (Å²) in [6, 6.07) is 34.2. The van der Waals surface area contributed by atoms with Gasteiger partial charge in [0.15, 0.2) is 22.9 Å². The lowest BCUT2D eigenvalue weighted by Crippen LogP contribution is -2.57. The normalized spacial score (nSPS) is 15.1. The van der Waals surface area contributed by atoms with Crippen molar-refractivity contribution in [2.45, 2.75) is 58.5 Å². The molecule has 0 atom stereocenters. The van der Waals surface area contributed by atoms with Crippen LogP contribution >= 0.6 is 0 Å². The number of hydrazine groups is 1. The summed E-state index contributed by atoms with van der Waals surface area (Å²) < 4.78 is 22.2. The predicted molar refractivity (Wildman–Crippen MR) is 242 cm³/mol. The molecule has 10 rings (SSSR count). The lowest BCUT2D eigenvalue weighted by Gasteiger charge is -2.48. The number of benzene rings is 4. The van der Waals surface area contributed by atoms with Gasteiger partial charge in [-0.15, -0.1) is 0 Å². The van der Waals surface area contributed by atoms with Crippen molar-refractivity contribution in [1.82, 2.24) is 29.1 Å². The SMILES string of the molecule is COc1ccc(-c2cn(-c3cccc(C)c3)c3ncnc(N(C4CCOCC4)N(c4ncnc5c4c(-c4cccc(C)c4)cn5-c4cccc(C)c4)C4CCOCC4)c23)cc1. The second-order valence-corrected chi connectivity index (χ2v) is 16.3. The Morgan fingerprint density at radius 3 is 1.46 bits per heavy atom. The molecule has 0 aliphatic carbocycles. The number of anilines is 2. The van der Waals surface area contributed by atoms with Gasteiger partial charge in [0.1, 0.15) is 18.4 Å². The zero-order chi connectivity index (χ0) is 41.5. The van der Waals surface area contributed by atoms with E-state index >= 15 is 0 Å². The molecule has 2 fully saturated rings. The van der Waals surface area contributed by atoms with E-state index in [4.69, 9.17) is 34.1 Å². The highest BCUT2D eigenvalue weighted by Gasteiger charge is 2.38. The molecular formula is C50H50N8O3. The second-order valence-electron chi connectivity index (χ2n) is 16.3. The Kier molecular flexibility index (Phi) is 10.4. The first kappa shape index (κ1) is 38.6. The van der Waals surface area contributed by atoms with E-state index in [1.54, 1.807) is 19.8 Å². The molecule has 308 valence electrons. The number of fused-ring (bicyclic) bond motifs is 2. The van der Waals surface area contributed by atoms with Crippen molar-refractivity contribution >= 4 is 33.7 Å². The molecule has 0 saturated carbocycles. The molecule has 2 aliphatic rings. The van der Waals surface area contributed by atoms with Gasteiger partial charge in [-0.3, -0.25) is 10.0 Å². The fourth-order valence-electron chi connectivity index (χ4n) is 9.17. The number of nitrogens with zero attached hydrogens (tertiary/aromatic N) is 8. The molecule has 0 radical (unpaired) electrons. The highest BCUT2D eigenvalue weighted by Crippen LogP contribution is 2.44. The van der Waals surface area contributed by atoms with Crippen LogP contribution in [0.15, 0.2) is 122 Å². The Balaban J connectivity index is 1.28. The van der Waals surface area contributed by atoms with E-state index in [1.807, 2.05) is 12.1 Å². The maximum absolute atomic E-state index is 6.07. The molecule has 11 nitrogen and oxygen atoms in total. The van der Waals surface area contributed by atoms with Crippen LogP contribution in [0.1, 0.15) is 42.4 Å². The predicted octanol–water partition coefficient (Wildman–Crippen LogP) is 10.0. The summed E-state index contributed by atoms with van der Waals surface area (Å²) in [5.74, 6) is 2.46. The number of hydrogen-bond acceptors (Lipinski definition) is 9. The Morgan fingerprint density at radius 2 is 1.00 bits per heavy atom. The average Bonchev–Trinajstić information content (AvgIpc) is 3.89. The third kappa shape index (κ3) is 7.27. The van der Waals surface area contributed by atoms with E-state index in [9.17, 15) is 0 Å². The van der Waals surface area contributed by atoms with Crippen LogP contribution in [0.25, 0.3) is 55.7 Å². The van der Waals surface area contributed by atoms with Gasteiger partial charge in [-0.25, -0.2) is 19.9 Å². The monoisotopic (exact) mass is 810 g/mol. The zero-order valence-electron chi connectivity index (χ0n) is 35.2. The standard InChI is InChI=1S/C50H50N8O3/c1-33-8-5-11-37(26-33)44-30-56(41-13-7-10-35(3)28-41)48-46(44)50(54-32-52-48)58(39-20-24-61-25-21-39)57(38-18-22-60-23-19-38)49-45-43(36-14-16-42(59-4)17-15-36)29-55(47(45)51-31-53-49)40-12-6-9-34(2)27-40/h5-17,26-32,38-39H,18-25H2,1-4H3. The summed E-state index contributed by atoms with van der Waals surface area (Å²) in [7, 11) is 1.70. The van der Waals surface area contributed by atoms with Crippen molar-refractivity contribution in [2.75, 3.05) is 43.6 Å². The van der Waals surface area contributed by atoms with Crippen LogP contribution < -0.4 is 14.8 Å². The van der Waals surface area contributed by atoms with E-state index in [0.29, 0.717) is 26.4 Å². The summed E-state index contributed by atoms with van der Waals surface area (Å²) in [6.45, 7) is 8.97. The van der Waals surface area contributed by atoms with Gasteiger partial charge in [-0.1, -0.05) is 66.2 Å². The van der Waals surface area contributed by atoms with Gasteiger partial charge in [0, 0.05) is 61.3 Å². The Labute approximate surface area is 356 Å². The first-order valence-electron chi connectivity index (χ1n) is 21.3. The third-order valence-corrected chi connectivity index (χ3v) is 12.2. The summed E-state index contributed by atoms with van der Waals surface area (Å²) in [6.07, 6.45) is 11.1. The molecule has 8 aromatic rings. The summed E-state index contributed by atoms with van der Waals surface area (Å²) in [5, 5.41) is 6.86. The van der Waals surface area contributed by atoms with Gasteiger partial charge in [-0.2, -0.15) is 0 Å². The molecule has 6 heterocycles. The first-order valence-corrected chi connectivity index (χ1v) is 21.3. The largest absolute Gasteiger partial charge is 0.497 e. The van der Waals surface area contributed by atoms with Crippen LogP contribution in [-0.4, -0.2) is 74.7 Å². The molecule has 4 aromatic heterocycles. The van der Waals surface area contributed by atoms with Crippen LogP contribution in [0, 0.1) is 20.8 Å². The van der Waals surface area contributed by atoms with E-state index in [-0.39, 0.29) is 12.1 Å². The molecule has 0 amide bonds. The maximum atomic E-state index is 6.07. The number of methoxy groups -OCH3 is 1. The van der Waals surface area contributed by atoms with Gasteiger partial charge >= 0.3 is 0 Å². The van der Waals surface area contributed by atoms with Gasteiger partial charge in [0.25, 0.3) is 0 Å². The van der Waals surface area contributed by atoms with Gasteiger partial charge < -0.3 is 23.3 Å². The van der Waals surface area contributed by atoms with E-state index in [1.165, 1.54) is 16.7 Å². The number of aromatic nitrogens is 6. The van der Waals surface area contributed by atoms with Crippen molar-refractivity contribution in [3.63, 3.8) is 0 Å². The lowest BCUT2D eigenvalue weighted by atomic mass is 10.0. The first-order chi connectivity index (χ1) is 29.9. The molecule has 2 saturated heterocycles. The quantitative estimate of drug-likeness (QED) is 0.125. The Morgan fingerprint density at radius 1 is 0.541 bits per heavy atom. The fraction of sp³-hybridized carbons (Fsp3) is 0.280. The van der Waals surface area contributed by atoms with Crippen LogP contribution in [0.3, 0.4) is 0 Å². The minimum atomic E-state index is 0.0343. The van der Waals surface area contributed by atoms with Crippen molar-refractivity contribution in [2.24, 2.45) is 0 Å². The van der Waals surface area contributed by atoms with E-state index < -0.39 is 0 Å². The third-order valence-electron chi connectivity index (χ3n) is 12.2. The van der Waals surface area contributed by atoms with Crippen LogP contribution in [0.5, 0.6) is 5.75 Å². The van der Waals surface area contributed by atoms with Crippen LogP contribution in [0.2, 0.25) is 0 Å². The highest BCUT2D eigenvalue weighted by molar-refractivity contribution is 6.05. The van der Waals surface area contributed by atoms with Gasteiger partial charge in [0.2, 0.25) is 0 Å². The Bertz CT molecular complexity index is 2840. The lowest BCUT2D eigenvalue weighted by molar-refractivity contribution is 0.0731. The number of aryl methyl sites for hydroxylation is 3. The topological polar surface area (TPSA) is 95.6 Å². The maximum Gasteiger partial charge on any atom is 0.161 e. The fourth-order valence-corrected chi connectivity index (χ4v) is 9.17. The zero-order valence-corrected chi connectivity index (χ0v) is 35.2. The molecular weight excluding hydrogens is 761 g/mol. The van der Waals surface area contributed by atoms with Gasteiger partial charge in [-0.05, 0) is 105 Å². The van der Waals surface area contributed by atoms with Crippen molar-refractivity contribution in [3.05, 3.63) is 139 Å². The molecule has 0 N–H and O–H groups in total. The van der Waals surface area contributed by atoms with E-state index in [0.717, 1.165) is 98.8 Å². The second kappa shape index (κ2) is 16.5. The highest BCUT2D eigenvalue weighted by atomic mass is 16.5. The molecule has 0 spiro atoms. The van der Waals surface area contributed by atoms with Crippen molar-refractivity contribution < 1.29 is 14.2 Å². The van der Waals surface area contributed by atoms with E-state index in [2.05, 4.69) is 137 Å². The summed E-state index contributed by atoms with van der Waals surface area (Å²) in [5.41, 5.74) is 11.5. The average molecular weight is 811 g/mol. The summed E-state index contributed by atoms with van der Waals surface area (Å²) in [4.78, 5) is 20.8. The smallest absolute Gasteiger partial charge is 0.161 e. The minimum Gasteiger partial charge on any atom is -0.497 e. The molecule has 0 bridgehead atoms. The van der Waals surface area contributed by atoms with Crippen LogP contribution in [-0.2, 0) is 9.47 Å². The number of hydrogen-bond donors (Lipinski definition) is 0. The number of ether oxygens (including phenoxy) is 3. The molecule has 2 aliphatic heterocycles. The number of rotatable bonds is 10. The molecule has 0 unspecified atom stereocenters. The molecule has 4 aromatic carbocycles. The molecule has 61 heavy (non-hydrogen) atoms. The van der Waals surface area contributed by atoms with Crippen molar-refractivity contribution in [1.29, 1.82) is 0 Å². The molecule has 11 heteroatoms. The Hall–Kier alpha value is -6.56. The van der Waals surface area contributed by atoms with Crippen LogP contribution in [0.4, 0.5) is 11.6 Å².